The molecular weight excluding hydrogens is 399 g/mol. The second kappa shape index (κ2) is 8.22. The number of hydrogen-bond donors (Lipinski definition) is 0. The van der Waals surface area contributed by atoms with Crippen LogP contribution in [0.4, 0.5) is 0 Å². The summed E-state index contributed by atoms with van der Waals surface area (Å²) in [6.45, 7) is 4.44. The number of rotatable bonds is 6. The molecule has 26 heavy (non-hydrogen) atoms. The Bertz CT molecular complexity index is 864. The Morgan fingerprint density at radius 1 is 1.19 bits per heavy atom. The highest BCUT2D eigenvalue weighted by molar-refractivity contribution is 7.89. The second-order valence-corrected chi connectivity index (χ2v) is 8.78. The minimum absolute atomic E-state index is 0.0428. The molecule has 1 aliphatic heterocycles. The van der Waals surface area contributed by atoms with Crippen LogP contribution < -0.4 is 0 Å². The van der Waals surface area contributed by atoms with Crippen LogP contribution in [0.1, 0.15) is 25.1 Å². The Morgan fingerprint density at radius 3 is 2.62 bits per heavy atom. The molecule has 3 rings (SSSR count). The molecule has 2 aromatic rings. The van der Waals surface area contributed by atoms with Crippen LogP contribution in [0, 0.1) is 0 Å². The van der Waals surface area contributed by atoms with Crippen LogP contribution in [0.15, 0.2) is 27.6 Å². The monoisotopic (exact) mass is 418 g/mol. The maximum absolute atomic E-state index is 12.8. The van der Waals surface area contributed by atoms with E-state index in [1.807, 2.05) is 0 Å². The van der Waals surface area contributed by atoms with Crippen LogP contribution in [-0.4, -0.2) is 53.9 Å². The maximum Gasteiger partial charge on any atom is 0.244 e. The molecule has 1 fully saturated rings. The van der Waals surface area contributed by atoms with Crippen molar-refractivity contribution in [2.75, 3.05) is 26.2 Å². The van der Waals surface area contributed by atoms with Crippen molar-refractivity contribution in [2.24, 2.45) is 0 Å². The van der Waals surface area contributed by atoms with E-state index in [4.69, 9.17) is 27.7 Å². The van der Waals surface area contributed by atoms with Crippen molar-refractivity contribution in [3.05, 3.63) is 40.0 Å². The van der Waals surface area contributed by atoms with Gasteiger partial charge in [0.15, 0.2) is 5.82 Å². The van der Waals surface area contributed by atoms with Crippen LogP contribution in [0.2, 0.25) is 10.0 Å². The van der Waals surface area contributed by atoms with Crippen LogP contribution >= 0.6 is 23.2 Å². The Kier molecular flexibility index (Phi) is 6.19. The van der Waals surface area contributed by atoms with Crippen LogP contribution in [0.5, 0.6) is 0 Å². The van der Waals surface area contributed by atoms with E-state index in [2.05, 4.69) is 22.0 Å². The van der Waals surface area contributed by atoms with Gasteiger partial charge < -0.3 is 4.52 Å². The molecule has 0 spiro atoms. The molecule has 0 radical (unpaired) electrons. The third kappa shape index (κ3) is 4.20. The first kappa shape index (κ1) is 19.6. The van der Waals surface area contributed by atoms with Crippen molar-refractivity contribution in [1.29, 1.82) is 0 Å². The van der Waals surface area contributed by atoms with E-state index in [-0.39, 0.29) is 14.9 Å². The minimum atomic E-state index is -3.68. The number of halogens is 2. The maximum atomic E-state index is 12.8. The Hall–Kier alpha value is -1.19. The SMILES string of the molecule is CCCc1noc(CN2CCN(S(=O)(=O)c3cccc(Cl)c3Cl)CC2)n1. The van der Waals surface area contributed by atoms with Crippen LogP contribution in [-0.2, 0) is 23.0 Å². The van der Waals surface area contributed by atoms with Gasteiger partial charge >= 0.3 is 0 Å². The molecule has 1 aliphatic rings. The van der Waals surface area contributed by atoms with Crippen molar-refractivity contribution >= 4 is 33.2 Å². The molecular formula is C16H20Cl2N4O3S. The van der Waals surface area contributed by atoms with Gasteiger partial charge in [-0.25, -0.2) is 8.42 Å². The summed E-state index contributed by atoms with van der Waals surface area (Å²) in [4.78, 5) is 6.48. The Morgan fingerprint density at radius 2 is 1.92 bits per heavy atom. The highest BCUT2D eigenvalue weighted by Crippen LogP contribution is 2.31. The predicted molar refractivity (Wildman–Crippen MR) is 98.8 cm³/mol. The highest BCUT2D eigenvalue weighted by Gasteiger charge is 2.31. The van der Waals surface area contributed by atoms with Crippen molar-refractivity contribution in [3.63, 3.8) is 0 Å². The summed E-state index contributed by atoms with van der Waals surface area (Å²) in [7, 11) is -3.68. The number of aromatic nitrogens is 2. The topological polar surface area (TPSA) is 79.5 Å². The van der Waals surface area contributed by atoms with Gasteiger partial charge in [0, 0.05) is 32.6 Å². The minimum Gasteiger partial charge on any atom is -0.338 e. The van der Waals surface area contributed by atoms with E-state index in [1.165, 1.54) is 10.4 Å². The summed E-state index contributed by atoms with van der Waals surface area (Å²) in [5, 5.41) is 4.23. The summed E-state index contributed by atoms with van der Waals surface area (Å²) >= 11 is 12.0. The lowest BCUT2D eigenvalue weighted by atomic mass is 10.3. The Balaban J connectivity index is 1.63. The molecule has 1 aromatic heterocycles. The van der Waals surface area contributed by atoms with Gasteiger partial charge in [-0.3, -0.25) is 4.90 Å². The number of hydrogen-bond acceptors (Lipinski definition) is 6. The molecule has 0 aliphatic carbocycles. The van der Waals surface area contributed by atoms with Gasteiger partial charge in [-0.05, 0) is 18.6 Å². The smallest absolute Gasteiger partial charge is 0.244 e. The fourth-order valence-corrected chi connectivity index (χ4v) is 4.98. The predicted octanol–water partition coefficient (Wildman–Crippen LogP) is 2.84. The summed E-state index contributed by atoms with van der Waals surface area (Å²) in [6, 6.07) is 4.63. The lowest BCUT2D eigenvalue weighted by Crippen LogP contribution is -2.48. The summed E-state index contributed by atoms with van der Waals surface area (Å²) in [5.41, 5.74) is 0. The third-order valence-corrected chi connectivity index (χ3v) is 7.08. The fraction of sp³-hybridized carbons (Fsp3) is 0.500. The molecule has 0 amide bonds. The zero-order valence-electron chi connectivity index (χ0n) is 14.4. The number of aryl methyl sites for hydroxylation is 1. The molecule has 0 atom stereocenters. The van der Waals surface area contributed by atoms with Gasteiger partial charge in [0.05, 0.1) is 16.6 Å². The fourth-order valence-electron chi connectivity index (χ4n) is 2.82. The van der Waals surface area contributed by atoms with Crippen molar-refractivity contribution in [1.82, 2.24) is 19.3 Å². The van der Waals surface area contributed by atoms with Crippen molar-refractivity contribution < 1.29 is 12.9 Å². The number of sulfonamides is 1. The average molecular weight is 419 g/mol. The first-order chi connectivity index (χ1) is 12.4. The highest BCUT2D eigenvalue weighted by atomic mass is 35.5. The average Bonchev–Trinajstić information content (AvgIpc) is 3.05. The van der Waals surface area contributed by atoms with E-state index in [9.17, 15) is 8.42 Å². The van der Waals surface area contributed by atoms with E-state index < -0.39 is 10.0 Å². The molecule has 142 valence electrons. The van der Waals surface area contributed by atoms with Gasteiger partial charge in [-0.15, -0.1) is 0 Å². The van der Waals surface area contributed by atoms with Crippen molar-refractivity contribution in [2.45, 2.75) is 31.2 Å². The van der Waals surface area contributed by atoms with Crippen molar-refractivity contribution in [3.8, 4) is 0 Å². The standard InChI is InChI=1S/C16H20Cl2N4O3S/c1-2-4-14-19-15(25-20-14)11-21-7-9-22(10-8-21)26(23,24)13-6-3-5-12(17)16(13)18/h3,5-6H,2,4,7-11H2,1H3. The zero-order valence-corrected chi connectivity index (χ0v) is 16.7. The Labute approximate surface area is 162 Å². The van der Waals surface area contributed by atoms with Gasteiger partial charge in [0.1, 0.15) is 4.90 Å². The van der Waals surface area contributed by atoms with E-state index in [0.717, 1.165) is 12.8 Å². The van der Waals surface area contributed by atoms with Gasteiger partial charge in [-0.1, -0.05) is 41.3 Å². The molecule has 0 saturated carbocycles. The summed E-state index contributed by atoms with van der Waals surface area (Å²) < 4.78 is 32.3. The first-order valence-corrected chi connectivity index (χ1v) is 10.6. The molecule has 1 saturated heterocycles. The lowest BCUT2D eigenvalue weighted by molar-refractivity contribution is 0.163. The number of piperazine rings is 1. The van der Waals surface area contributed by atoms with E-state index >= 15 is 0 Å². The summed E-state index contributed by atoms with van der Waals surface area (Å²) in [6.07, 6.45) is 1.75. The van der Waals surface area contributed by atoms with Gasteiger partial charge in [0.25, 0.3) is 0 Å². The third-order valence-electron chi connectivity index (χ3n) is 4.21. The largest absolute Gasteiger partial charge is 0.338 e. The molecule has 0 N–H and O–H groups in total. The first-order valence-electron chi connectivity index (χ1n) is 8.39. The lowest BCUT2D eigenvalue weighted by Gasteiger charge is -2.33. The second-order valence-electron chi connectivity index (χ2n) is 6.09. The molecule has 7 nitrogen and oxygen atoms in total. The molecule has 2 heterocycles. The van der Waals surface area contributed by atoms with E-state index in [1.54, 1.807) is 12.1 Å². The quantitative estimate of drug-likeness (QED) is 0.717. The molecule has 1 aromatic carbocycles. The number of nitrogens with zero attached hydrogens (tertiary/aromatic N) is 4. The van der Waals surface area contributed by atoms with Crippen LogP contribution in [0.25, 0.3) is 0 Å². The van der Waals surface area contributed by atoms with Gasteiger partial charge in [0.2, 0.25) is 15.9 Å². The van der Waals surface area contributed by atoms with E-state index in [0.29, 0.717) is 44.4 Å². The normalized spacial score (nSPS) is 16.9. The summed E-state index contributed by atoms with van der Waals surface area (Å²) in [5.74, 6) is 1.27. The molecule has 0 bridgehead atoms. The number of benzene rings is 1. The van der Waals surface area contributed by atoms with Gasteiger partial charge in [-0.2, -0.15) is 9.29 Å². The molecule has 10 heteroatoms. The van der Waals surface area contributed by atoms with Crippen LogP contribution in [0.3, 0.4) is 0 Å². The molecule has 0 unspecified atom stereocenters. The zero-order chi connectivity index (χ0) is 18.7.